The van der Waals surface area contributed by atoms with Crippen LogP contribution in [-0.2, 0) is 9.09 Å². The van der Waals surface area contributed by atoms with Gasteiger partial charge in [-0.1, -0.05) is 36.2 Å². The van der Waals surface area contributed by atoms with Gasteiger partial charge < -0.3 is 15.3 Å². The van der Waals surface area contributed by atoms with Crippen molar-refractivity contribution >= 4 is 36.8 Å². The number of hydrogen-bond acceptors (Lipinski definition) is 6. The fourth-order valence-corrected chi connectivity index (χ4v) is 7.71. The lowest BCUT2D eigenvalue weighted by Crippen LogP contribution is -2.37. The standard InChI is InChI=1S/C22H30Cl2NO5P/c1-14(26)12-31(29,13-16-4-7-20(27)21(28)10-16)30-22(8-3-9-25-22)15(2)17-5-6-18(23)19(24)11-17/h3,5-6,8-9,11,14-16,20-21,26-28H,4,7,10,12-13H2,1-2H3. The van der Waals surface area contributed by atoms with Gasteiger partial charge in [0.05, 0.1) is 34.5 Å². The van der Waals surface area contributed by atoms with E-state index in [1.807, 2.05) is 13.0 Å². The second-order valence-electron chi connectivity index (χ2n) is 8.72. The zero-order valence-electron chi connectivity index (χ0n) is 17.7. The number of aliphatic hydroxyl groups excluding tert-OH is 3. The zero-order chi connectivity index (χ0) is 22.8. The molecule has 3 N–H and O–H groups in total. The fourth-order valence-electron chi connectivity index (χ4n) is 4.39. The van der Waals surface area contributed by atoms with Crippen molar-refractivity contribution < 1.29 is 24.4 Å². The zero-order valence-corrected chi connectivity index (χ0v) is 20.1. The van der Waals surface area contributed by atoms with Crippen LogP contribution in [0.2, 0.25) is 10.0 Å². The maximum Gasteiger partial charge on any atom is 0.208 e. The summed E-state index contributed by atoms with van der Waals surface area (Å²) in [5.41, 5.74) is -0.369. The summed E-state index contributed by atoms with van der Waals surface area (Å²) in [5, 5.41) is 30.8. The molecular formula is C22H30Cl2NO5P. The molecule has 1 aromatic rings. The Kier molecular flexibility index (Phi) is 8.07. The Balaban J connectivity index is 1.88. The molecule has 1 aliphatic heterocycles. The molecule has 1 saturated carbocycles. The monoisotopic (exact) mass is 489 g/mol. The normalized spacial score (nSPS) is 32.0. The Labute approximate surface area is 193 Å². The van der Waals surface area contributed by atoms with Gasteiger partial charge in [0.25, 0.3) is 0 Å². The average molecular weight is 490 g/mol. The highest BCUT2D eigenvalue weighted by Gasteiger charge is 2.45. The number of halogens is 2. The van der Waals surface area contributed by atoms with Gasteiger partial charge in [-0.3, -0.25) is 14.1 Å². The minimum atomic E-state index is -3.37. The molecule has 3 rings (SSSR count). The first kappa shape index (κ1) is 24.9. The molecule has 1 aromatic carbocycles. The van der Waals surface area contributed by atoms with Crippen LogP contribution in [0.5, 0.6) is 0 Å². The smallest absolute Gasteiger partial charge is 0.208 e. The van der Waals surface area contributed by atoms with E-state index < -0.39 is 31.4 Å². The second-order valence-corrected chi connectivity index (χ2v) is 12.1. The van der Waals surface area contributed by atoms with Crippen LogP contribution in [0.3, 0.4) is 0 Å². The van der Waals surface area contributed by atoms with E-state index in [1.165, 1.54) is 0 Å². The summed E-state index contributed by atoms with van der Waals surface area (Å²) in [6.07, 6.45) is 4.35. The van der Waals surface area contributed by atoms with Gasteiger partial charge in [-0.2, -0.15) is 0 Å². The van der Waals surface area contributed by atoms with Gasteiger partial charge in [-0.25, -0.2) is 0 Å². The molecule has 1 heterocycles. The molecule has 0 bridgehead atoms. The molecule has 1 fully saturated rings. The van der Waals surface area contributed by atoms with E-state index in [1.54, 1.807) is 37.4 Å². The summed E-state index contributed by atoms with van der Waals surface area (Å²) < 4.78 is 20.4. The summed E-state index contributed by atoms with van der Waals surface area (Å²) in [6, 6.07) is 5.29. The van der Waals surface area contributed by atoms with Crippen molar-refractivity contribution in [2.24, 2.45) is 10.9 Å². The molecule has 0 aromatic heterocycles. The number of rotatable bonds is 8. The summed E-state index contributed by atoms with van der Waals surface area (Å²) in [5.74, 6) is -0.395. The van der Waals surface area contributed by atoms with Crippen molar-refractivity contribution in [1.29, 1.82) is 0 Å². The van der Waals surface area contributed by atoms with Crippen LogP contribution >= 0.6 is 30.6 Å². The van der Waals surface area contributed by atoms with Crippen molar-refractivity contribution in [3.8, 4) is 0 Å². The first-order valence-electron chi connectivity index (χ1n) is 10.5. The Morgan fingerprint density at radius 2 is 1.97 bits per heavy atom. The quantitative estimate of drug-likeness (QED) is 0.462. The maximum atomic E-state index is 14.0. The lowest BCUT2D eigenvalue weighted by atomic mass is 9.87. The van der Waals surface area contributed by atoms with Gasteiger partial charge >= 0.3 is 0 Å². The molecule has 31 heavy (non-hydrogen) atoms. The van der Waals surface area contributed by atoms with E-state index >= 15 is 0 Å². The molecule has 7 unspecified atom stereocenters. The van der Waals surface area contributed by atoms with Crippen molar-refractivity contribution in [1.82, 2.24) is 0 Å². The van der Waals surface area contributed by atoms with Gasteiger partial charge in [0, 0.05) is 18.3 Å². The first-order chi connectivity index (χ1) is 14.5. The third kappa shape index (κ3) is 6.00. The van der Waals surface area contributed by atoms with Crippen molar-refractivity contribution in [3.63, 3.8) is 0 Å². The van der Waals surface area contributed by atoms with Gasteiger partial charge in [-0.05, 0) is 62.0 Å². The molecule has 2 aliphatic rings. The summed E-state index contributed by atoms with van der Waals surface area (Å²) in [7, 11) is -3.37. The topological polar surface area (TPSA) is 99.4 Å². The number of nitrogens with zero attached hydrogens (tertiary/aromatic N) is 1. The number of benzene rings is 1. The molecular weight excluding hydrogens is 460 g/mol. The third-order valence-electron chi connectivity index (χ3n) is 6.04. The van der Waals surface area contributed by atoms with Crippen molar-refractivity contribution in [3.05, 3.63) is 46.0 Å². The van der Waals surface area contributed by atoms with E-state index in [9.17, 15) is 19.9 Å². The highest BCUT2D eigenvalue weighted by atomic mass is 35.5. The molecule has 9 heteroatoms. The van der Waals surface area contributed by atoms with Crippen LogP contribution < -0.4 is 0 Å². The highest BCUT2D eigenvalue weighted by molar-refractivity contribution is 7.59. The minimum absolute atomic E-state index is 0.0125. The fraction of sp³-hybridized carbons (Fsp3) is 0.591. The van der Waals surface area contributed by atoms with Gasteiger partial charge in [0.2, 0.25) is 7.37 Å². The minimum Gasteiger partial charge on any atom is -0.393 e. The molecule has 172 valence electrons. The number of allylic oxidation sites excluding steroid dienone is 1. The van der Waals surface area contributed by atoms with E-state index in [0.717, 1.165) is 5.56 Å². The van der Waals surface area contributed by atoms with Crippen LogP contribution in [0.1, 0.15) is 44.6 Å². The summed E-state index contributed by atoms with van der Waals surface area (Å²) in [6.45, 7) is 3.50. The van der Waals surface area contributed by atoms with Gasteiger partial charge in [0.15, 0.2) is 5.72 Å². The van der Waals surface area contributed by atoms with Crippen molar-refractivity contribution in [2.45, 2.75) is 63.1 Å². The molecule has 1 aliphatic carbocycles. The highest BCUT2D eigenvalue weighted by Crippen LogP contribution is 2.57. The Bertz CT molecular complexity index is 879. The van der Waals surface area contributed by atoms with Crippen molar-refractivity contribution in [2.75, 3.05) is 12.3 Å². The largest absolute Gasteiger partial charge is 0.393 e. The maximum absolute atomic E-state index is 14.0. The van der Waals surface area contributed by atoms with Crippen LogP contribution in [-0.4, -0.2) is 57.9 Å². The van der Waals surface area contributed by atoms with Crippen LogP contribution in [0, 0.1) is 5.92 Å². The van der Waals surface area contributed by atoms with E-state index in [-0.39, 0.29) is 24.2 Å². The van der Waals surface area contributed by atoms with Crippen LogP contribution in [0.4, 0.5) is 0 Å². The third-order valence-corrected chi connectivity index (χ3v) is 9.56. The summed E-state index contributed by atoms with van der Waals surface area (Å²) >= 11 is 12.3. The predicted octanol–water partition coefficient (Wildman–Crippen LogP) is 4.63. The van der Waals surface area contributed by atoms with Crippen LogP contribution in [0.25, 0.3) is 0 Å². The van der Waals surface area contributed by atoms with Gasteiger partial charge in [0.1, 0.15) is 0 Å². The number of hydrogen-bond donors (Lipinski definition) is 3. The predicted molar refractivity (Wildman–Crippen MR) is 125 cm³/mol. The summed E-state index contributed by atoms with van der Waals surface area (Å²) in [4.78, 5) is 4.53. The average Bonchev–Trinajstić information content (AvgIpc) is 3.14. The Hall–Kier alpha value is -0.720. The first-order valence-corrected chi connectivity index (χ1v) is 13.3. The van der Waals surface area contributed by atoms with Gasteiger partial charge in [-0.15, -0.1) is 0 Å². The number of aliphatic hydroxyl groups is 3. The Morgan fingerprint density at radius 1 is 1.23 bits per heavy atom. The van der Waals surface area contributed by atoms with E-state index in [2.05, 4.69) is 4.99 Å². The van der Waals surface area contributed by atoms with E-state index in [0.29, 0.717) is 29.3 Å². The van der Waals surface area contributed by atoms with E-state index in [4.69, 9.17) is 27.7 Å². The lowest BCUT2D eigenvalue weighted by Gasteiger charge is -2.38. The number of aliphatic imine (C=N–C) groups is 1. The molecule has 0 saturated heterocycles. The molecule has 0 spiro atoms. The lowest BCUT2D eigenvalue weighted by molar-refractivity contribution is -0.0229. The van der Waals surface area contributed by atoms with Crippen LogP contribution in [0.15, 0.2) is 35.3 Å². The molecule has 0 radical (unpaired) electrons. The molecule has 6 nitrogen and oxygen atoms in total. The molecule has 0 amide bonds. The Morgan fingerprint density at radius 3 is 2.55 bits per heavy atom. The SMILES string of the molecule is CC(O)CP(=O)(CC1CCC(O)C(O)C1)OC1(C(C)c2ccc(Cl)c(Cl)c2)C=CC=N1. The molecule has 7 atom stereocenters. The second kappa shape index (κ2) is 10.0.